The highest BCUT2D eigenvalue weighted by Crippen LogP contribution is 2.41. The Bertz CT molecular complexity index is 926. The van der Waals surface area contributed by atoms with Gasteiger partial charge in [-0.2, -0.15) is 0 Å². The highest BCUT2D eigenvalue weighted by atomic mass is 79.9. The molecule has 0 aromatic heterocycles. The lowest BCUT2D eigenvalue weighted by Crippen LogP contribution is -2.42. The first-order valence-corrected chi connectivity index (χ1v) is 8.25. The molecular weight excluding hydrogens is 415 g/mol. The molecule has 2 aromatic rings. The molecular formula is C17H11BrF3N3O2. The van der Waals surface area contributed by atoms with Gasteiger partial charge >= 0.3 is 6.36 Å². The number of hydrazine groups is 2. The molecule has 0 atom stereocenters. The molecule has 9 heteroatoms. The molecule has 0 aliphatic carbocycles. The highest BCUT2D eigenvalue weighted by Gasteiger charge is 2.34. The van der Waals surface area contributed by atoms with Gasteiger partial charge in [0.1, 0.15) is 11.4 Å². The molecule has 0 amide bonds. The largest absolute Gasteiger partial charge is 0.573 e. The van der Waals surface area contributed by atoms with Crippen molar-refractivity contribution < 1.29 is 23.0 Å². The molecule has 0 fully saturated rings. The van der Waals surface area contributed by atoms with Gasteiger partial charge in [0.15, 0.2) is 0 Å². The van der Waals surface area contributed by atoms with Gasteiger partial charge in [-0.25, -0.2) is 5.01 Å². The van der Waals surface area contributed by atoms with E-state index in [-0.39, 0.29) is 11.6 Å². The van der Waals surface area contributed by atoms with E-state index >= 15 is 0 Å². The lowest BCUT2D eigenvalue weighted by atomic mass is 10.1. The molecule has 2 aromatic carbocycles. The van der Waals surface area contributed by atoms with Crippen LogP contribution in [0.25, 0.3) is 4.48 Å². The number of nitrogens with zero attached hydrogens (tertiary/aromatic N) is 2. The molecule has 2 N–H and O–H groups in total. The normalized spacial score (nSPS) is 16.4. The van der Waals surface area contributed by atoms with E-state index in [0.717, 1.165) is 15.7 Å². The van der Waals surface area contributed by atoms with Crippen LogP contribution in [-0.4, -0.2) is 11.5 Å². The standard InChI is InChI=1S/C17H11BrF3N3O2/c18-13-9-15-16(25)23(22-24(15)14-4-2-1-3-12(13)14)10-5-7-11(8-6-10)26-17(19,20)21/h1-9,22,25H. The Labute approximate surface area is 154 Å². The summed E-state index contributed by atoms with van der Waals surface area (Å²) in [5.41, 5.74) is 5.73. The van der Waals surface area contributed by atoms with Gasteiger partial charge in [0.25, 0.3) is 0 Å². The topological polar surface area (TPSA) is 48.0 Å². The number of para-hydroxylation sites is 1. The molecule has 5 nitrogen and oxygen atoms in total. The number of benzene rings is 2. The van der Waals surface area contributed by atoms with Crippen LogP contribution in [0, 0.1) is 0 Å². The fourth-order valence-electron chi connectivity index (χ4n) is 2.77. The molecule has 4 rings (SSSR count). The second-order valence-corrected chi connectivity index (χ2v) is 6.39. The summed E-state index contributed by atoms with van der Waals surface area (Å²) in [5, 5.41) is 13.6. The number of alkyl halides is 3. The quantitative estimate of drug-likeness (QED) is 0.722. The van der Waals surface area contributed by atoms with E-state index in [1.807, 2.05) is 24.3 Å². The molecule has 0 unspecified atom stereocenters. The zero-order valence-electron chi connectivity index (χ0n) is 13.0. The molecule has 0 saturated heterocycles. The zero-order chi connectivity index (χ0) is 18.5. The summed E-state index contributed by atoms with van der Waals surface area (Å²) in [7, 11) is 0. The van der Waals surface area contributed by atoms with Crippen LogP contribution in [0.2, 0.25) is 0 Å². The number of nitrogens with one attached hydrogen (secondary N) is 1. The van der Waals surface area contributed by atoms with Crippen molar-refractivity contribution in [2.24, 2.45) is 0 Å². The number of allylic oxidation sites excluding steroid dienone is 1. The maximum atomic E-state index is 12.3. The summed E-state index contributed by atoms with van der Waals surface area (Å²) in [5.74, 6) is -0.417. The molecule has 0 spiro atoms. The SMILES string of the molecule is OC1=C2C=C(Br)c3ccccc3N2NN1c1ccc(OC(F)(F)F)cc1. The van der Waals surface area contributed by atoms with Gasteiger partial charge in [0.05, 0.1) is 11.4 Å². The fourth-order valence-corrected chi connectivity index (χ4v) is 3.33. The summed E-state index contributed by atoms with van der Waals surface area (Å²) in [6, 6.07) is 12.8. The van der Waals surface area contributed by atoms with Gasteiger partial charge in [0.2, 0.25) is 5.88 Å². The van der Waals surface area contributed by atoms with Crippen LogP contribution < -0.4 is 20.3 Å². The Hall–Kier alpha value is -2.65. The smallest absolute Gasteiger partial charge is 0.492 e. The van der Waals surface area contributed by atoms with Crippen LogP contribution in [0.15, 0.2) is 66.2 Å². The van der Waals surface area contributed by atoms with E-state index in [9.17, 15) is 18.3 Å². The maximum absolute atomic E-state index is 12.3. The number of hydrogen-bond acceptors (Lipinski definition) is 5. The van der Waals surface area contributed by atoms with E-state index in [1.54, 1.807) is 11.1 Å². The van der Waals surface area contributed by atoms with Crippen molar-refractivity contribution in [2.45, 2.75) is 6.36 Å². The molecule has 2 heterocycles. The third-order valence-electron chi connectivity index (χ3n) is 3.88. The van der Waals surface area contributed by atoms with Crippen LogP contribution in [0.4, 0.5) is 24.5 Å². The van der Waals surface area contributed by atoms with E-state index in [2.05, 4.69) is 26.2 Å². The van der Waals surface area contributed by atoms with E-state index in [1.165, 1.54) is 29.3 Å². The van der Waals surface area contributed by atoms with Crippen LogP contribution in [-0.2, 0) is 0 Å². The molecule has 0 radical (unpaired) electrons. The number of halogens is 4. The Balaban J connectivity index is 1.65. The number of ether oxygens (including phenoxy) is 1. The average molecular weight is 426 g/mol. The summed E-state index contributed by atoms with van der Waals surface area (Å²) in [6.45, 7) is 0. The number of fused-ring (bicyclic) bond motifs is 3. The van der Waals surface area contributed by atoms with Crippen molar-refractivity contribution in [2.75, 3.05) is 10.0 Å². The lowest BCUT2D eigenvalue weighted by molar-refractivity contribution is -0.274. The number of aliphatic hydroxyl groups is 1. The first kappa shape index (κ1) is 16.8. The van der Waals surface area contributed by atoms with Crippen molar-refractivity contribution in [3.63, 3.8) is 0 Å². The Morgan fingerprint density at radius 1 is 1.00 bits per heavy atom. The predicted molar refractivity (Wildman–Crippen MR) is 94.2 cm³/mol. The number of anilines is 2. The van der Waals surface area contributed by atoms with Crippen molar-refractivity contribution in [1.82, 2.24) is 5.53 Å². The summed E-state index contributed by atoms with van der Waals surface area (Å²) >= 11 is 3.48. The Kier molecular flexibility index (Phi) is 3.85. The zero-order valence-corrected chi connectivity index (χ0v) is 14.5. The van der Waals surface area contributed by atoms with Crippen molar-refractivity contribution in [3.8, 4) is 5.75 Å². The minimum Gasteiger partial charge on any atom is -0.492 e. The van der Waals surface area contributed by atoms with E-state index in [0.29, 0.717) is 11.4 Å². The number of hydrogen-bond donors (Lipinski definition) is 2. The van der Waals surface area contributed by atoms with Gasteiger partial charge < -0.3 is 9.84 Å². The van der Waals surface area contributed by atoms with Crippen LogP contribution in [0.5, 0.6) is 5.75 Å². The first-order chi connectivity index (χ1) is 12.3. The lowest BCUT2D eigenvalue weighted by Gasteiger charge is -2.27. The van der Waals surface area contributed by atoms with Gasteiger partial charge in [-0.1, -0.05) is 34.1 Å². The van der Waals surface area contributed by atoms with Gasteiger partial charge in [-0.15, -0.1) is 18.7 Å². The maximum Gasteiger partial charge on any atom is 0.573 e. The highest BCUT2D eigenvalue weighted by molar-refractivity contribution is 9.15. The van der Waals surface area contributed by atoms with Crippen molar-refractivity contribution in [1.29, 1.82) is 0 Å². The Morgan fingerprint density at radius 3 is 2.38 bits per heavy atom. The molecule has 2 aliphatic heterocycles. The van der Waals surface area contributed by atoms with Crippen LogP contribution >= 0.6 is 15.9 Å². The summed E-state index contributed by atoms with van der Waals surface area (Å²) < 4.78 is 41.5. The fraction of sp³-hybridized carbons (Fsp3) is 0.0588. The molecule has 26 heavy (non-hydrogen) atoms. The van der Waals surface area contributed by atoms with Crippen LogP contribution in [0.3, 0.4) is 0 Å². The van der Waals surface area contributed by atoms with Crippen LogP contribution in [0.1, 0.15) is 5.56 Å². The van der Waals surface area contributed by atoms with Gasteiger partial charge in [0, 0.05) is 10.0 Å². The monoisotopic (exact) mass is 425 g/mol. The number of rotatable bonds is 2. The van der Waals surface area contributed by atoms with Gasteiger partial charge in [-0.3, -0.25) is 5.01 Å². The predicted octanol–water partition coefficient (Wildman–Crippen LogP) is 4.81. The molecule has 134 valence electrons. The second kappa shape index (κ2) is 5.96. The number of aliphatic hydroxyl groups excluding tert-OH is 1. The summed E-state index contributed by atoms with van der Waals surface area (Å²) in [6.07, 6.45) is -3.00. The average Bonchev–Trinajstić information content (AvgIpc) is 2.92. The van der Waals surface area contributed by atoms with Crippen molar-refractivity contribution >= 4 is 31.8 Å². The second-order valence-electron chi connectivity index (χ2n) is 5.53. The molecule has 0 saturated carbocycles. The first-order valence-electron chi connectivity index (χ1n) is 7.46. The third kappa shape index (κ3) is 2.89. The third-order valence-corrected chi connectivity index (χ3v) is 4.53. The molecule has 0 bridgehead atoms. The Morgan fingerprint density at radius 2 is 1.69 bits per heavy atom. The summed E-state index contributed by atoms with van der Waals surface area (Å²) in [4.78, 5) is 0. The minimum absolute atomic E-state index is 0.0825. The van der Waals surface area contributed by atoms with E-state index < -0.39 is 6.36 Å². The minimum atomic E-state index is -4.75. The molecule has 2 aliphatic rings. The van der Waals surface area contributed by atoms with Crippen molar-refractivity contribution in [3.05, 3.63) is 71.8 Å². The van der Waals surface area contributed by atoms with Gasteiger partial charge in [-0.05, 0) is 36.4 Å². The van der Waals surface area contributed by atoms with E-state index in [4.69, 9.17) is 0 Å².